The number of carbonyl (C=O) groups is 1. The van der Waals surface area contributed by atoms with Crippen LogP contribution in [-0.2, 0) is 11.2 Å². The molecule has 0 aliphatic heterocycles. The maximum Gasteiger partial charge on any atom is 0.228 e. The Morgan fingerprint density at radius 2 is 2.09 bits per heavy atom. The Morgan fingerprint density at radius 1 is 1.27 bits per heavy atom. The van der Waals surface area contributed by atoms with Crippen molar-refractivity contribution >= 4 is 34.1 Å². The van der Waals surface area contributed by atoms with Crippen LogP contribution in [0.5, 0.6) is 0 Å². The Morgan fingerprint density at radius 3 is 2.86 bits per heavy atom. The molecule has 1 aromatic heterocycles. The SMILES string of the molecule is Cc1[nH]c2ccc(F)cc2c1CC(=O)Nc1cccc(Cl)c1. The zero-order valence-electron chi connectivity index (χ0n) is 11.9. The van der Waals surface area contributed by atoms with Crippen LogP contribution in [0.15, 0.2) is 42.5 Å². The van der Waals surface area contributed by atoms with E-state index in [1.54, 1.807) is 30.3 Å². The van der Waals surface area contributed by atoms with Crippen molar-refractivity contribution in [2.24, 2.45) is 0 Å². The van der Waals surface area contributed by atoms with Crippen molar-refractivity contribution in [1.82, 2.24) is 4.98 Å². The van der Waals surface area contributed by atoms with Gasteiger partial charge in [0.05, 0.1) is 6.42 Å². The molecule has 5 heteroatoms. The van der Waals surface area contributed by atoms with E-state index >= 15 is 0 Å². The molecule has 0 atom stereocenters. The van der Waals surface area contributed by atoms with Crippen LogP contribution in [0.25, 0.3) is 10.9 Å². The Kier molecular flexibility index (Phi) is 3.86. The summed E-state index contributed by atoms with van der Waals surface area (Å²) in [5.41, 5.74) is 3.13. The lowest BCUT2D eigenvalue weighted by Crippen LogP contribution is -2.14. The first kappa shape index (κ1) is 14.6. The van der Waals surface area contributed by atoms with Gasteiger partial charge in [-0.15, -0.1) is 0 Å². The fourth-order valence-electron chi connectivity index (χ4n) is 2.51. The minimum atomic E-state index is -0.317. The van der Waals surface area contributed by atoms with Gasteiger partial charge in [0.15, 0.2) is 0 Å². The summed E-state index contributed by atoms with van der Waals surface area (Å²) in [6.07, 6.45) is 0.168. The molecule has 1 heterocycles. The molecule has 0 spiro atoms. The van der Waals surface area contributed by atoms with Crippen LogP contribution in [0, 0.1) is 12.7 Å². The van der Waals surface area contributed by atoms with Crippen molar-refractivity contribution in [2.75, 3.05) is 5.32 Å². The van der Waals surface area contributed by atoms with Crippen LogP contribution in [0.1, 0.15) is 11.3 Å². The monoisotopic (exact) mass is 316 g/mol. The van der Waals surface area contributed by atoms with E-state index in [2.05, 4.69) is 10.3 Å². The highest BCUT2D eigenvalue weighted by molar-refractivity contribution is 6.30. The van der Waals surface area contributed by atoms with Gasteiger partial charge in [0, 0.05) is 27.3 Å². The average molecular weight is 317 g/mol. The third-order valence-electron chi connectivity index (χ3n) is 3.53. The summed E-state index contributed by atoms with van der Waals surface area (Å²) in [5, 5.41) is 4.09. The highest BCUT2D eigenvalue weighted by Crippen LogP contribution is 2.24. The molecule has 0 unspecified atom stereocenters. The van der Waals surface area contributed by atoms with E-state index in [9.17, 15) is 9.18 Å². The van der Waals surface area contributed by atoms with Gasteiger partial charge >= 0.3 is 0 Å². The fourth-order valence-corrected chi connectivity index (χ4v) is 2.70. The largest absolute Gasteiger partial charge is 0.358 e. The molecule has 2 N–H and O–H groups in total. The first-order chi connectivity index (χ1) is 10.5. The standard InChI is InChI=1S/C17H14ClFN2O/c1-10-14(15-8-12(19)5-6-16(15)20-10)9-17(22)21-13-4-2-3-11(18)7-13/h2-8,20H,9H2,1H3,(H,21,22). The smallest absolute Gasteiger partial charge is 0.228 e. The number of H-pyrrole nitrogens is 1. The number of rotatable bonds is 3. The summed E-state index contributed by atoms with van der Waals surface area (Å²) < 4.78 is 13.4. The molecule has 22 heavy (non-hydrogen) atoms. The molecule has 3 nitrogen and oxygen atoms in total. The van der Waals surface area contributed by atoms with Crippen molar-refractivity contribution in [3.8, 4) is 0 Å². The highest BCUT2D eigenvalue weighted by atomic mass is 35.5. The van der Waals surface area contributed by atoms with Gasteiger partial charge in [0.2, 0.25) is 5.91 Å². The van der Waals surface area contributed by atoms with Crippen molar-refractivity contribution in [1.29, 1.82) is 0 Å². The summed E-state index contributed by atoms with van der Waals surface area (Å²) in [7, 11) is 0. The number of nitrogens with one attached hydrogen (secondary N) is 2. The Balaban J connectivity index is 1.85. The summed E-state index contributed by atoms with van der Waals surface area (Å²) in [6.45, 7) is 1.87. The lowest BCUT2D eigenvalue weighted by atomic mass is 10.1. The van der Waals surface area contributed by atoms with Gasteiger partial charge < -0.3 is 10.3 Å². The van der Waals surface area contributed by atoms with Gasteiger partial charge in [-0.05, 0) is 48.9 Å². The van der Waals surface area contributed by atoms with E-state index in [4.69, 9.17) is 11.6 Å². The number of aryl methyl sites for hydroxylation is 1. The predicted molar refractivity (Wildman–Crippen MR) is 86.8 cm³/mol. The number of aromatic amines is 1. The molecule has 0 saturated heterocycles. The zero-order valence-corrected chi connectivity index (χ0v) is 12.7. The summed E-state index contributed by atoms with van der Waals surface area (Å²) in [4.78, 5) is 15.4. The number of benzene rings is 2. The van der Waals surface area contributed by atoms with Crippen LogP contribution < -0.4 is 5.32 Å². The van der Waals surface area contributed by atoms with E-state index in [0.29, 0.717) is 10.7 Å². The molecule has 2 aromatic carbocycles. The van der Waals surface area contributed by atoms with E-state index in [0.717, 1.165) is 22.2 Å². The first-order valence-electron chi connectivity index (χ1n) is 6.85. The summed E-state index contributed by atoms with van der Waals surface area (Å²) >= 11 is 5.89. The van der Waals surface area contributed by atoms with Gasteiger partial charge in [-0.3, -0.25) is 4.79 Å². The Labute approximate surface area is 132 Å². The van der Waals surface area contributed by atoms with E-state index < -0.39 is 0 Å². The molecular weight excluding hydrogens is 303 g/mol. The second-order valence-electron chi connectivity index (χ2n) is 5.15. The lowest BCUT2D eigenvalue weighted by Gasteiger charge is -2.06. The molecular formula is C17H14ClFN2O. The minimum absolute atomic E-state index is 0.168. The van der Waals surface area contributed by atoms with Gasteiger partial charge in [-0.2, -0.15) is 0 Å². The fraction of sp³-hybridized carbons (Fsp3) is 0.118. The van der Waals surface area contributed by atoms with Gasteiger partial charge in [-0.1, -0.05) is 17.7 Å². The van der Waals surface area contributed by atoms with E-state index in [1.807, 2.05) is 6.92 Å². The molecule has 0 radical (unpaired) electrons. The van der Waals surface area contributed by atoms with Crippen molar-refractivity contribution < 1.29 is 9.18 Å². The number of aromatic nitrogens is 1. The number of carbonyl (C=O) groups excluding carboxylic acids is 1. The van der Waals surface area contributed by atoms with Crippen LogP contribution in [0.4, 0.5) is 10.1 Å². The van der Waals surface area contributed by atoms with E-state index in [1.165, 1.54) is 12.1 Å². The molecule has 1 amide bonds. The van der Waals surface area contributed by atoms with Gasteiger partial charge in [0.1, 0.15) is 5.82 Å². The van der Waals surface area contributed by atoms with Crippen LogP contribution >= 0.6 is 11.6 Å². The van der Waals surface area contributed by atoms with Crippen LogP contribution in [-0.4, -0.2) is 10.9 Å². The first-order valence-corrected chi connectivity index (χ1v) is 7.23. The Hall–Kier alpha value is -2.33. The maximum absolute atomic E-state index is 13.4. The molecule has 3 aromatic rings. The van der Waals surface area contributed by atoms with E-state index in [-0.39, 0.29) is 18.1 Å². The molecule has 3 rings (SSSR count). The number of halogens is 2. The summed E-state index contributed by atoms with van der Waals surface area (Å²) in [6, 6.07) is 11.5. The number of amides is 1. The molecule has 0 fully saturated rings. The van der Waals surface area contributed by atoms with Crippen molar-refractivity contribution in [2.45, 2.75) is 13.3 Å². The number of hydrogen-bond acceptors (Lipinski definition) is 1. The number of anilines is 1. The summed E-state index contributed by atoms with van der Waals surface area (Å²) in [5.74, 6) is -0.487. The van der Waals surface area contributed by atoms with Crippen LogP contribution in [0.3, 0.4) is 0 Å². The quantitative estimate of drug-likeness (QED) is 0.736. The third kappa shape index (κ3) is 2.97. The second-order valence-corrected chi connectivity index (χ2v) is 5.59. The third-order valence-corrected chi connectivity index (χ3v) is 3.76. The molecule has 112 valence electrons. The average Bonchev–Trinajstić information content (AvgIpc) is 2.75. The second kappa shape index (κ2) is 5.81. The predicted octanol–water partition coefficient (Wildman–Crippen LogP) is 4.45. The van der Waals surface area contributed by atoms with Gasteiger partial charge in [-0.25, -0.2) is 4.39 Å². The molecule has 0 aliphatic rings. The molecule has 0 bridgehead atoms. The normalized spacial score (nSPS) is 10.9. The highest BCUT2D eigenvalue weighted by Gasteiger charge is 2.13. The minimum Gasteiger partial charge on any atom is -0.358 e. The maximum atomic E-state index is 13.4. The Bertz CT molecular complexity index is 857. The van der Waals surface area contributed by atoms with Crippen LogP contribution in [0.2, 0.25) is 5.02 Å². The number of hydrogen-bond donors (Lipinski definition) is 2. The van der Waals surface area contributed by atoms with Crippen molar-refractivity contribution in [3.05, 3.63) is 64.6 Å². The molecule has 0 saturated carbocycles. The number of fused-ring (bicyclic) bond motifs is 1. The van der Waals surface area contributed by atoms with Crippen molar-refractivity contribution in [3.63, 3.8) is 0 Å². The molecule has 0 aliphatic carbocycles. The zero-order chi connectivity index (χ0) is 15.7. The van der Waals surface area contributed by atoms with Gasteiger partial charge in [0.25, 0.3) is 0 Å². The lowest BCUT2D eigenvalue weighted by molar-refractivity contribution is -0.115. The topological polar surface area (TPSA) is 44.9 Å².